The van der Waals surface area contributed by atoms with Crippen LogP contribution in [0.4, 0.5) is 5.69 Å². The maximum atomic E-state index is 11.3. The summed E-state index contributed by atoms with van der Waals surface area (Å²) in [5.74, 6) is 0.314. The zero-order valence-electron chi connectivity index (χ0n) is 9.06. The van der Waals surface area contributed by atoms with Gasteiger partial charge in [0.05, 0.1) is 22.8 Å². The number of hydrogen-bond donors (Lipinski definition) is 0. The van der Waals surface area contributed by atoms with E-state index in [2.05, 4.69) is 22.0 Å². The predicted octanol–water partition coefficient (Wildman–Crippen LogP) is 1.56. The van der Waals surface area contributed by atoms with E-state index in [1.807, 2.05) is 17.0 Å². The molecule has 0 aromatic heterocycles. The summed E-state index contributed by atoms with van der Waals surface area (Å²) in [7, 11) is -2.89. The van der Waals surface area contributed by atoms with Crippen LogP contribution in [-0.2, 0) is 9.84 Å². The molecule has 0 amide bonds. The molecule has 1 saturated heterocycles. The minimum absolute atomic E-state index is 0.157. The lowest BCUT2D eigenvalue weighted by molar-refractivity contribution is 0.587. The number of anilines is 1. The summed E-state index contributed by atoms with van der Waals surface area (Å²) in [5.41, 5.74) is 1.38. The third-order valence-corrected chi connectivity index (χ3v) is 4.87. The van der Waals surface area contributed by atoms with Crippen molar-refractivity contribution in [1.82, 2.24) is 0 Å². The third-order valence-electron chi connectivity index (χ3n) is 2.77. The van der Waals surface area contributed by atoms with Crippen molar-refractivity contribution in [3.05, 3.63) is 28.2 Å². The molecule has 1 aromatic carbocycles. The van der Waals surface area contributed by atoms with Gasteiger partial charge in [0, 0.05) is 17.6 Å². The van der Waals surface area contributed by atoms with Crippen LogP contribution in [0.5, 0.6) is 0 Å². The highest BCUT2D eigenvalue weighted by Gasteiger charge is 2.23. The number of benzene rings is 1. The van der Waals surface area contributed by atoms with Crippen molar-refractivity contribution in [2.24, 2.45) is 0 Å². The van der Waals surface area contributed by atoms with E-state index in [1.165, 1.54) is 0 Å². The van der Waals surface area contributed by atoms with Crippen molar-refractivity contribution in [1.29, 1.82) is 5.26 Å². The van der Waals surface area contributed by atoms with Gasteiger partial charge in [-0.3, -0.25) is 0 Å². The molecule has 4 nitrogen and oxygen atoms in total. The highest BCUT2D eigenvalue weighted by atomic mass is 79.9. The monoisotopic (exact) mass is 314 g/mol. The Bertz CT molecular complexity index is 564. The first kappa shape index (κ1) is 12.4. The van der Waals surface area contributed by atoms with Crippen LogP contribution in [0.3, 0.4) is 0 Å². The molecule has 1 fully saturated rings. The smallest absolute Gasteiger partial charge is 0.153 e. The summed E-state index contributed by atoms with van der Waals surface area (Å²) in [6, 6.07) is 7.53. The van der Waals surface area contributed by atoms with E-state index in [0.717, 1.165) is 10.2 Å². The fourth-order valence-corrected chi connectivity index (χ4v) is 3.36. The topological polar surface area (TPSA) is 61.2 Å². The largest absolute Gasteiger partial charge is 0.368 e. The lowest BCUT2D eigenvalue weighted by Crippen LogP contribution is -2.40. The first-order valence-electron chi connectivity index (χ1n) is 5.17. The summed E-state index contributed by atoms with van der Waals surface area (Å²) < 4.78 is 23.6. The molecule has 6 heteroatoms. The summed E-state index contributed by atoms with van der Waals surface area (Å²) in [6.07, 6.45) is 0. The average Bonchev–Trinajstić information content (AvgIpc) is 2.29. The molecule has 0 bridgehead atoms. The molecule has 17 heavy (non-hydrogen) atoms. The molecule has 0 radical (unpaired) electrons. The van der Waals surface area contributed by atoms with Gasteiger partial charge in [-0.15, -0.1) is 0 Å². The molecule has 0 aliphatic carbocycles. The lowest BCUT2D eigenvalue weighted by Gasteiger charge is -2.29. The van der Waals surface area contributed by atoms with Crippen molar-refractivity contribution >= 4 is 31.5 Å². The number of nitriles is 1. The molecular weight excluding hydrogens is 304 g/mol. The predicted molar refractivity (Wildman–Crippen MR) is 69.7 cm³/mol. The lowest BCUT2D eigenvalue weighted by atomic mass is 10.1. The molecule has 0 unspecified atom stereocenters. The molecule has 1 heterocycles. The quantitative estimate of drug-likeness (QED) is 0.789. The van der Waals surface area contributed by atoms with E-state index in [9.17, 15) is 8.42 Å². The van der Waals surface area contributed by atoms with Gasteiger partial charge in [-0.25, -0.2) is 8.42 Å². The number of nitrogens with zero attached hydrogens (tertiary/aromatic N) is 2. The Balaban J connectivity index is 2.30. The van der Waals surface area contributed by atoms with Crippen LogP contribution in [-0.4, -0.2) is 33.0 Å². The Morgan fingerprint density at radius 1 is 1.29 bits per heavy atom. The Kier molecular flexibility index (Phi) is 3.40. The van der Waals surface area contributed by atoms with Gasteiger partial charge in [-0.1, -0.05) is 15.9 Å². The molecule has 1 aliphatic heterocycles. The number of hydrogen-bond acceptors (Lipinski definition) is 4. The van der Waals surface area contributed by atoms with Gasteiger partial charge in [-0.2, -0.15) is 5.26 Å². The van der Waals surface area contributed by atoms with Crippen LogP contribution < -0.4 is 4.90 Å². The third kappa shape index (κ3) is 2.79. The minimum Gasteiger partial charge on any atom is -0.368 e. The van der Waals surface area contributed by atoms with Gasteiger partial charge in [-0.05, 0) is 18.2 Å². The molecule has 2 rings (SSSR count). The van der Waals surface area contributed by atoms with E-state index in [0.29, 0.717) is 18.7 Å². The number of sulfone groups is 1. The zero-order chi connectivity index (χ0) is 12.5. The van der Waals surface area contributed by atoms with Crippen LogP contribution in [0, 0.1) is 11.3 Å². The second-order valence-corrected chi connectivity index (χ2v) is 7.13. The number of halogens is 1. The summed E-state index contributed by atoms with van der Waals surface area (Å²) in [6.45, 7) is 0.904. The van der Waals surface area contributed by atoms with Crippen molar-refractivity contribution in [2.75, 3.05) is 29.5 Å². The molecule has 0 saturated carbocycles. The van der Waals surface area contributed by atoms with E-state index in [-0.39, 0.29) is 11.5 Å². The minimum atomic E-state index is -2.89. The standard InChI is InChI=1S/C11H11BrN2O2S/c12-10-2-1-9(8-13)11(7-10)14-3-5-17(15,16)6-4-14/h1-2,7H,3-6H2. The van der Waals surface area contributed by atoms with Crippen LogP contribution >= 0.6 is 15.9 Å². The Morgan fingerprint density at radius 2 is 1.94 bits per heavy atom. The van der Waals surface area contributed by atoms with Gasteiger partial charge in [0.15, 0.2) is 9.84 Å². The van der Waals surface area contributed by atoms with Crippen LogP contribution in [0.15, 0.2) is 22.7 Å². The van der Waals surface area contributed by atoms with Crippen molar-refractivity contribution in [3.63, 3.8) is 0 Å². The summed E-state index contributed by atoms with van der Waals surface area (Å²) in [4.78, 5) is 1.95. The van der Waals surface area contributed by atoms with Crippen molar-refractivity contribution in [3.8, 4) is 6.07 Å². The molecule has 0 spiro atoms. The summed E-state index contributed by atoms with van der Waals surface area (Å²) in [5, 5.41) is 9.03. The van der Waals surface area contributed by atoms with E-state index >= 15 is 0 Å². The Hall–Kier alpha value is -1.06. The molecule has 0 N–H and O–H groups in total. The molecule has 0 atom stereocenters. The second-order valence-electron chi connectivity index (χ2n) is 3.91. The van der Waals surface area contributed by atoms with Crippen LogP contribution in [0.1, 0.15) is 5.56 Å². The average molecular weight is 315 g/mol. The normalized spacial score (nSPS) is 18.7. The molecule has 1 aliphatic rings. The molecule has 90 valence electrons. The molecule has 1 aromatic rings. The first-order valence-corrected chi connectivity index (χ1v) is 7.78. The van der Waals surface area contributed by atoms with Gasteiger partial charge >= 0.3 is 0 Å². The van der Waals surface area contributed by atoms with Gasteiger partial charge in [0.25, 0.3) is 0 Å². The van der Waals surface area contributed by atoms with E-state index < -0.39 is 9.84 Å². The van der Waals surface area contributed by atoms with Crippen LogP contribution in [0.2, 0.25) is 0 Å². The summed E-state index contributed by atoms with van der Waals surface area (Å²) >= 11 is 3.36. The fourth-order valence-electron chi connectivity index (χ4n) is 1.81. The van der Waals surface area contributed by atoms with Gasteiger partial charge < -0.3 is 4.90 Å². The van der Waals surface area contributed by atoms with Gasteiger partial charge in [0.2, 0.25) is 0 Å². The SMILES string of the molecule is N#Cc1ccc(Br)cc1N1CCS(=O)(=O)CC1. The molecular formula is C11H11BrN2O2S. The van der Waals surface area contributed by atoms with E-state index in [4.69, 9.17) is 5.26 Å². The van der Waals surface area contributed by atoms with Crippen molar-refractivity contribution < 1.29 is 8.42 Å². The second kappa shape index (κ2) is 4.67. The zero-order valence-corrected chi connectivity index (χ0v) is 11.5. The fraction of sp³-hybridized carbons (Fsp3) is 0.364. The maximum Gasteiger partial charge on any atom is 0.153 e. The van der Waals surface area contributed by atoms with E-state index in [1.54, 1.807) is 6.07 Å². The Morgan fingerprint density at radius 3 is 2.53 bits per heavy atom. The van der Waals surface area contributed by atoms with Crippen molar-refractivity contribution in [2.45, 2.75) is 0 Å². The Labute approximate surface area is 109 Å². The van der Waals surface area contributed by atoms with Crippen LogP contribution in [0.25, 0.3) is 0 Å². The first-order chi connectivity index (χ1) is 8.02. The van der Waals surface area contributed by atoms with Gasteiger partial charge in [0.1, 0.15) is 6.07 Å². The maximum absolute atomic E-state index is 11.3. The number of rotatable bonds is 1. The highest BCUT2D eigenvalue weighted by molar-refractivity contribution is 9.10. The highest BCUT2D eigenvalue weighted by Crippen LogP contribution is 2.25.